The van der Waals surface area contributed by atoms with Crippen molar-refractivity contribution in [1.82, 2.24) is 0 Å². The molecule has 9 heteroatoms. The second kappa shape index (κ2) is 2.77. The molecule has 0 aromatic heterocycles. The first-order chi connectivity index (χ1) is 6.06. The van der Waals surface area contributed by atoms with Crippen LogP contribution in [0.15, 0.2) is 0 Å². The molecule has 0 aromatic rings. The van der Waals surface area contributed by atoms with Crippen molar-refractivity contribution in [2.45, 2.75) is 23.5 Å². The van der Waals surface area contributed by atoms with Crippen LogP contribution in [0.4, 0.5) is 26.3 Å². The van der Waals surface area contributed by atoms with Crippen LogP contribution in [0, 0.1) is 0 Å². The van der Waals surface area contributed by atoms with Crippen LogP contribution in [0.25, 0.3) is 0 Å². The molecule has 2 unspecified atom stereocenters. The molecule has 2 nitrogen and oxygen atoms in total. The molecule has 0 spiro atoms. The van der Waals surface area contributed by atoms with E-state index in [1.165, 1.54) is 0 Å². The van der Waals surface area contributed by atoms with Crippen LogP contribution >= 0.6 is 0 Å². The Bertz CT molecular complexity index is 338. The minimum absolute atomic E-state index is 2.23. The highest BCUT2D eigenvalue weighted by atomic mass is 32.2. The van der Waals surface area contributed by atoms with Crippen molar-refractivity contribution in [1.29, 1.82) is 0 Å². The number of rotatable bonds is 1. The Kier molecular flexibility index (Phi) is 2.29. The van der Waals surface area contributed by atoms with Crippen molar-refractivity contribution >= 4 is 9.84 Å². The molecule has 1 saturated heterocycles. The number of hydrogen-bond donors (Lipinski definition) is 0. The lowest BCUT2D eigenvalue weighted by molar-refractivity contribution is -0.189. The molecule has 1 heterocycles. The Morgan fingerprint density at radius 3 is 1.79 bits per heavy atom. The fourth-order valence-corrected chi connectivity index (χ4v) is 2.79. The molecule has 1 fully saturated rings. The van der Waals surface area contributed by atoms with Gasteiger partial charge in [-0.25, -0.2) is 34.8 Å². The summed E-state index contributed by atoms with van der Waals surface area (Å²) in [6, 6.07) is 0. The van der Waals surface area contributed by atoms with Gasteiger partial charge in [0, 0.05) is 0 Å². The van der Waals surface area contributed by atoms with E-state index in [1.54, 1.807) is 0 Å². The normalized spacial score (nSPS) is 40.4. The van der Waals surface area contributed by atoms with Gasteiger partial charge < -0.3 is 0 Å². The maximum Gasteiger partial charge on any atom is 0.305 e. The fraction of sp³-hybridized carbons (Fsp3) is 1.00. The molecule has 1 rings (SSSR count). The highest BCUT2D eigenvalue weighted by molar-refractivity contribution is 7.92. The Labute approximate surface area is 74.8 Å². The van der Waals surface area contributed by atoms with Crippen molar-refractivity contribution in [3.05, 3.63) is 0 Å². The SMILES string of the molecule is O=S1(=O)CC(F)(F)C(F)(C(F)F)C1F. The van der Waals surface area contributed by atoms with Crippen LogP contribution in [0.2, 0.25) is 0 Å². The zero-order valence-corrected chi connectivity index (χ0v) is 7.17. The first-order valence-corrected chi connectivity index (χ1v) is 4.98. The lowest BCUT2D eigenvalue weighted by atomic mass is 10.0. The molecule has 84 valence electrons. The molecule has 0 amide bonds. The van der Waals surface area contributed by atoms with Crippen LogP contribution < -0.4 is 0 Å². The van der Waals surface area contributed by atoms with Gasteiger partial charge in [-0.3, -0.25) is 0 Å². The van der Waals surface area contributed by atoms with Crippen LogP contribution in [0.3, 0.4) is 0 Å². The second-order valence-electron chi connectivity index (χ2n) is 2.90. The predicted molar refractivity (Wildman–Crippen MR) is 33.5 cm³/mol. The van der Waals surface area contributed by atoms with Gasteiger partial charge >= 0.3 is 5.92 Å². The number of alkyl halides is 6. The first kappa shape index (κ1) is 11.6. The molecule has 0 N–H and O–H groups in total. The van der Waals surface area contributed by atoms with Crippen LogP contribution in [-0.2, 0) is 9.84 Å². The van der Waals surface area contributed by atoms with E-state index >= 15 is 0 Å². The highest BCUT2D eigenvalue weighted by Gasteiger charge is 2.76. The van der Waals surface area contributed by atoms with Gasteiger partial charge in [0.25, 0.3) is 12.1 Å². The Balaban J connectivity index is 3.32. The summed E-state index contributed by atoms with van der Waals surface area (Å²) in [7, 11) is -5.16. The average Bonchev–Trinajstić information content (AvgIpc) is 2.08. The molecule has 1 aliphatic rings. The van der Waals surface area contributed by atoms with E-state index in [9.17, 15) is 34.8 Å². The van der Waals surface area contributed by atoms with Crippen molar-refractivity contribution in [2.75, 3.05) is 5.75 Å². The van der Waals surface area contributed by atoms with Gasteiger partial charge in [-0.1, -0.05) is 0 Å². The largest absolute Gasteiger partial charge is 0.305 e. The third-order valence-corrected chi connectivity index (χ3v) is 3.64. The van der Waals surface area contributed by atoms with E-state index in [0.29, 0.717) is 0 Å². The molecule has 1 aliphatic heterocycles. The maximum absolute atomic E-state index is 12.8. The lowest BCUT2D eigenvalue weighted by Gasteiger charge is -2.25. The van der Waals surface area contributed by atoms with Crippen LogP contribution in [-0.4, -0.2) is 37.7 Å². The van der Waals surface area contributed by atoms with Crippen LogP contribution in [0.5, 0.6) is 0 Å². The molecule has 0 aliphatic carbocycles. The lowest BCUT2D eigenvalue weighted by Crippen LogP contribution is -2.52. The fourth-order valence-electron chi connectivity index (χ4n) is 1.12. The highest BCUT2D eigenvalue weighted by Crippen LogP contribution is 2.50. The minimum atomic E-state index is -5.16. The minimum Gasteiger partial charge on any atom is -0.226 e. The zero-order valence-electron chi connectivity index (χ0n) is 6.35. The van der Waals surface area contributed by atoms with Gasteiger partial charge in [0.15, 0.2) is 9.84 Å². The van der Waals surface area contributed by atoms with Gasteiger partial charge in [0.2, 0.25) is 5.50 Å². The standard InChI is InChI=1S/C5H4F6O2S/c6-2(7)5(11)3(8)14(12,13)1-4(5,9)10/h2-3H,1H2. The molecule has 0 bridgehead atoms. The summed E-state index contributed by atoms with van der Waals surface area (Å²) in [5.74, 6) is -7.14. The first-order valence-electron chi connectivity index (χ1n) is 3.26. The monoisotopic (exact) mass is 242 g/mol. The van der Waals surface area contributed by atoms with E-state index in [4.69, 9.17) is 0 Å². The summed E-state index contributed by atoms with van der Waals surface area (Å²) >= 11 is 0. The smallest absolute Gasteiger partial charge is 0.226 e. The van der Waals surface area contributed by atoms with E-state index in [2.05, 4.69) is 0 Å². The average molecular weight is 242 g/mol. The van der Waals surface area contributed by atoms with Crippen molar-refractivity contribution < 1.29 is 34.8 Å². The van der Waals surface area contributed by atoms with E-state index in [-0.39, 0.29) is 0 Å². The van der Waals surface area contributed by atoms with Gasteiger partial charge in [0.1, 0.15) is 5.75 Å². The molecule has 0 saturated carbocycles. The summed E-state index contributed by atoms with van der Waals surface area (Å²) in [6.07, 6.45) is -4.40. The Morgan fingerprint density at radius 1 is 1.21 bits per heavy atom. The van der Waals surface area contributed by atoms with Crippen molar-refractivity contribution in [3.63, 3.8) is 0 Å². The number of hydrogen-bond acceptors (Lipinski definition) is 2. The molecule has 0 radical (unpaired) electrons. The van der Waals surface area contributed by atoms with Crippen LogP contribution in [0.1, 0.15) is 0 Å². The second-order valence-corrected chi connectivity index (χ2v) is 4.92. The molecule has 2 atom stereocenters. The van der Waals surface area contributed by atoms with E-state index in [0.717, 1.165) is 0 Å². The molecule has 14 heavy (non-hydrogen) atoms. The molecule has 0 aromatic carbocycles. The zero-order chi connectivity index (χ0) is 11.4. The number of halogens is 6. The summed E-state index contributed by atoms with van der Waals surface area (Å²) in [5.41, 5.74) is -8.82. The predicted octanol–water partition coefficient (Wildman–Crippen LogP) is 1.32. The maximum atomic E-state index is 12.8. The Hall–Kier alpha value is -0.470. The summed E-state index contributed by atoms with van der Waals surface area (Å²) in [6.45, 7) is 0. The third-order valence-electron chi connectivity index (χ3n) is 1.91. The molecular weight excluding hydrogens is 238 g/mol. The summed E-state index contributed by atoms with van der Waals surface area (Å²) in [5, 5.41) is 0. The van der Waals surface area contributed by atoms with Gasteiger partial charge in [-0.15, -0.1) is 0 Å². The van der Waals surface area contributed by atoms with Gasteiger partial charge in [-0.2, -0.15) is 0 Å². The van der Waals surface area contributed by atoms with E-state index in [1.807, 2.05) is 0 Å². The van der Waals surface area contributed by atoms with Gasteiger partial charge in [-0.05, 0) is 0 Å². The number of sulfone groups is 1. The van der Waals surface area contributed by atoms with Crippen molar-refractivity contribution in [2.24, 2.45) is 0 Å². The molecular formula is C5H4F6O2S. The van der Waals surface area contributed by atoms with E-state index < -0.39 is 39.1 Å². The third kappa shape index (κ3) is 1.21. The Morgan fingerprint density at radius 2 is 1.64 bits per heavy atom. The van der Waals surface area contributed by atoms with Gasteiger partial charge in [0.05, 0.1) is 0 Å². The quantitative estimate of drug-likeness (QED) is 0.650. The summed E-state index contributed by atoms with van der Waals surface area (Å²) < 4.78 is 95.1. The summed E-state index contributed by atoms with van der Waals surface area (Å²) in [4.78, 5) is 0. The van der Waals surface area contributed by atoms with Crippen molar-refractivity contribution in [3.8, 4) is 0 Å². The topological polar surface area (TPSA) is 34.1 Å².